The Hall–Kier alpha value is -1.64. The van der Waals surface area contributed by atoms with Gasteiger partial charge in [0.1, 0.15) is 11.1 Å². The van der Waals surface area contributed by atoms with Crippen LogP contribution >= 0.6 is 23.1 Å². The Balaban J connectivity index is 1.26. The van der Waals surface area contributed by atoms with Gasteiger partial charge in [-0.2, -0.15) is 0 Å². The van der Waals surface area contributed by atoms with Crippen LogP contribution in [-0.4, -0.2) is 70.3 Å². The molecule has 2 aliphatic heterocycles. The first-order valence-electron chi connectivity index (χ1n) is 9.83. The number of carbonyl (C=O) groups is 1. The van der Waals surface area contributed by atoms with Gasteiger partial charge in [-0.05, 0) is 44.1 Å². The molecule has 2 aliphatic rings. The van der Waals surface area contributed by atoms with Crippen molar-refractivity contribution in [1.29, 1.82) is 0 Å². The zero-order chi connectivity index (χ0) is 19.3. The second kappa shape index (κ2) is 9.24. The Kier molecular flexibility index (Phi) is 6.49. The molecule has 0 spiro atoms. The molecule has 2 aromatic rings. The van der Waals surface area contributed by atoms with E-state index in [1.807, 2.05) is 28.7 Å². The van der Waals surface area contributed by atoms with Crippen LogP contribution < -0.4 is 4.74 Å². The highest BCUT2D eigenvalue weighted by atomic mass is 32.2. The van der Waals surface area contributed by atoms with E-state index in [1.54, 1.807) is 23.7 Å². The number of piperidine rings is 2. The number of hydrogen-bond donors (Lipinski definition) is 0. The van der Waals surface area contributed by atoms with Gasteiger partial charge in [0.05, 0.1) is 5.56 Å². The summed E-state index contributed by atoms with van der Waals surface area (Å²) in [6.07, 6.45) is 9.95. The number of thiazole rings is 1. The maximum atomic E-state index is 12.9. The van der Waals surface area contributed by atoms with Gasteiger partial charge in [0.2, 0.25) is 0 Å². The molecular weight excluding hydrogens is 392 g/mol. The molecule has 2 fully saturated rings. The normalized spacial score (nSPS) is 19.7. The zero-order valence-corrected chi connectivity index (χ0v) is 17.8. The van der Waals surface area contributed by atoms with Crippen LogP contribution in [0.1, 0.15) is 36.0 Å². The van der Waals surface area contributed by atoms with Crippen LogP contribution in [0, 0.1) is 0 Å². The van der Waals surface area contributed by atoms with Crippen LogP contribution in [0.15, 0.2) is 34.9 Å². The zero-order valence-electron chi connectivity index (χ0n) is 16.1. The van der Waals surface area contributed by atoms with E-state index >= 15 is 0 Å². The highest BCUT2D eigenvalue weighted by Crippen LogP contribution is 2.26. The van der Waals surface area contributed by atoms with E-state index in [9.17, 15) is 4.79 Å². The molecule has 0 atom stereocenters. The fourth-order valence-electron chi connectivity index (χ4n) is 4.09. The van der Waals surface area contributed by atoms with Crippen molar-refractivity contribution in [3.05, 3.63) is 35.5 Å². The monoisotopic (exact) mass is 418 g/mol. The predicted molar refractivity (Wildman–Crippen MR) is 112 cm³/mol. The van der Waals surface area contributed by atoms with Gasteiger partial charge in [-0.1, -0.05) is 11.3 Å². The quantitative estimate of drug-likeness (QED) is 0.694. The van der Waals surface area contributed by atoms with Crippen LogP contribution in [0.3, 0.4) is 0 Å². The topological polar surface area (TPSA) is 58.6 Å². The van der Waals surface area contributed by atoms with E-state index < -0.39 is 0 Å². The number of ether oxygens (including phenoxy) is 1. The van der Waals surface area contributed by atoms with Gasteiger partial charge >= 0.3 is 0 Å². The van der Waals surface area contributed by atoms with Gasteiger partial charge in [-0.3, -0.25) is 9.69 Å². The Labute approximate surface area is 174 Å². The lowest BCUT2D eigenvalue weighted by molar-refractivity contribution is 0.0423. The van der Waals surface area contributed by atoms with Gasteiger partial charge < -0.3 is 9.64 Å². The van der Waals surface area contributed by atoms with Crippen molar-refractivity contribution < 1.29 is 9.53 Å². The molecule has 4 heterocycles. The number of rotatable bonds is 5. The molecule has 150 valence electrons. The smallest absolute Gasteiger partial charge is 0.273 e. The van der Waals surface area contributed by atoms with Crippen LogP contribution in [0.2, 0.25) is 0 Å². The van der Waals surface area contributed by atoms with Crippen molar-refractivity contribution in [2.75, 3.05) is 32.4 Å². The molecule has 0 bridgehead atoms. The largest absolute Gasteiger partial charge is 0.467 e. The summed E-state index contributed by atoms with van der Waals surface area (Å²) in [5.74, 6) is 0.117. The van der Waals surface area contributed by atoms with Crippen molar-refractivity contribution in [3.8, 4) is 5.19 Å². The van der Waals surface area contributed by atoms with Gasteiger partial charge in [0.15, 0.2) is 0 Å². The Bertz CT molecular complexity index is 770. The molecule has 4 rings (SSSR count). The second-order valence-electron chi connectivity index (χ2n) is 7.23. The van der Waals surface area contributed by atoms with E-state index in [0.29, 0.717) is 6.04 Å². The number of thioether (sulfide) groups is 1. The Morgan fingerprint density at radius 2 is 1.93 bits per heavy atom. The lowest BCUT2D eigenvalue weighted by Gasteiger charge is -2.41. The minimum Gasteiger partial charge on any atom is -0.467 e. The number of amides is 1. The molecular formula is C20H26N4O2S2. The van der Waals surface area contributed by atoms with Gasteiger partial charge in [0.25, 0.3) is 11.1 Å². The van der Waals surface area contributed by atoms with Gasteiger partial charge in [-0.15, -0.1) is 11.8 Å². The second-order valence-corrected chi connectivity index (χ2v) is 8.89. The van der Waals surface area contributed by atoms with E-state index in [1.165, 1.54) is 11.8 Å². The van der Waals surface area contributed by atoms with Crippen molar-refractivity contribution in [1.82, 2.24) is 19.8 Å². The molecule has 1 amide bonds. The third kappa shape index (κ3) is 4.50. The minimum atomic E-state index is 0.117. The van der Waals surface area contributed by atoms with E-state index in [2.05, 4.69) is 14.9 Å². The lowest BCUT2D eigenvalue weighted by atomic mass is 9.98. The molecule has 2 saturated heterocycles. The van der Waals surface area contributed by atoms with E-state index in [-0.39, 0.29) is 12.0 Å². The number of likely N-dealkylation sites (tertiary alicyclic amines) is 2. The summed E-state index contributed by atoms with van der Waals surface area (Å²) in [6, 6.07) is 4.30. The molecule has 0 unspecified atom stereocenters. The van der Waals surface area contributed by atoms with Gasteiger partial charge in [0, 0.05) is 50.0 Å². The van der Waals surface area contributed by atoms with Crippen LogP contribution in [0.25, 0.3) is 0 Å². The SMILES string of the molecule is CSc1ncccc1C(=O)N1CCC(N2CCC(Oc3nccs3)CC2)CC1. The van der Waals surface area contributed by atoms with Crippen molar-refractivity contribution >= 4 is 29.0 Å². The number of carbonyl (C=O) groups excluding carboxylic acids is 1. The molecule has 0 N–H and O–H groups in total. The molecule has 0 saturated carbocycles. The van der Waals surface area contributed by atoms with E-state index in [4.69, 9.17) is 4.74 Å². The maximum absolute atomic E-state index is 12.9. The number of aromatic nitrogens is 2. The molecule has 0 radical (unpaired) electrons. The summed E-state index contributed by atoms with van der Waals surface area (Å²) in [4.78, 5) is 26.0. The van der Waals surface area contributed by atoms with Crippen molar-refractivity contribution in [2.45, 2.75) is 42.9 Å². The van der Waals surface area contributed by atoms with Crippen molar-refractivity contribution in [3.63, 3.8) is 0 Å². The highest BCUT2D eigenvalue weighted by Gasteiger charge is 2.31. The summed E-state index contributed by atoms with van der Waals surface area (Å²) < 4.78 is 5.97. The third-order valence-corrected chi connectivity index (χ3v) is 6.99. The summed E-state index contributed by atoms with van der Waals surface area (Å²) in [7, 11) is 0. The maximum Gasteiger partial charge on any atom is 0.273 e. The molecule has 0 aromatic carbocycles. The average molecular weight is 419 g/mol. The average Bonchev–Trinajstić information content (AvgIpc) is 3.27. The summed E-state index contributed by atoms with van der Waals surface area (Å²) in [5.41, 5.74) is 0.730. The summed E-state index contributed by atoms with van der Waals surface area (Å²) >= 11 is 3.09. The van der Waals surface area contributed by atoms with Crippen LogP contribution in [0.5, 0.6) is 5.19 Å². The molecule has 28 heavy (non-hydrogen) atoms. The Morgan fingerprint density at radius 3 is 2.61 bits per heavy atom. The first kappa shape index (κ1) is 19.7. The number of nitrogens with zero attached hydrogens (tertiary/aromatic N) is 4. The highest BCUT2D eigenvalue weighted by molar-refractivity contribution is 7.98. The standard InChI is InChI=1S/C20H26N4O2S2/c1-27-18-17(3-2-8-21-18)19(25)24-10-4-15(5-11-24)23-12-6-16(7-13-23)26-20-22-9-14-28-20/h2-3,8-9,14-16H,4-7,10-13H2,1H3. The third-order valence-electron chi connectivity index (χ3n) is 5.62. The summed E-state index contributed by atoms with van der Waals surface area (Å²) in [5, 5.41) is 3.55. The van der Waals surface area contributed by atoms with E-state index in [0.717, 1.165) is 67.6 Å². The minimum absolute atomic E-state index is 0.117. The van der Waals surface area contributed by atoms with Crippen molar-refractivity contribution in [2.24, 2.45) is 0 Å². The lowest BCUT2D eigenvalue weighted by Crippen LogP contribution is -2.50. The number of pyridine rings is 1. The number of hydrogen-bond acceptors (Lipinski definition) is 7. The van der Waals surface area contributed by atoms with Crippen LogP contribution in [0.4, 0.5) is 0 Å². The first-order valence-corrected chi connectivity index (χ1v) is 11.9. The molecule has 0 aliphatic carbocycles. The summed E-state index contributed by atoms with van der Waals surface area (Å²) in [6.45, 7) is 3.77. The fraction of sp³-hybridized carbons (Fsp3) is 0.550. The molecule has 2 aromatic heterocycles. The van der Waals surface area contributed by atoms with Gasteiger partial charge in [-0.25, -0.2) is 9.97 Å². The van der Waals surface area contributed by atoms with Crippen LogP contribution in [-0.2, 0) is 0 Å². The molecule has 8 heteroatoms. The Morgan fingerprint density at radius 1 is 1.14 bits per heavy atom. The molecule has 6 nitrogen and oxygen atoms in total. The fourth-order valence-corrected chi connectivity index (χ4v) is 5.18. The predicted octanol–water partition coefficient (Wildman–Crippen LogP) is 3.41. The first-order chi connectivity index (χ1) is 13.7.